The van der Waals surface area contributed by atoms with Crippen molar-refractivity contribution in [1.29, 1.82) is 0 Å². The lowest BCUT2D eigenvalue weighted by Gasteiger charge is -2.14. The van der Waals surface area contributed by atoms with Crippen molar-refractivity contribution in [3.05, 3.63) is 82.1 Å². The summed E-state index contributed by atoms with van der Waals surface area (Å²) in [5.74, 6) is -0.774. The van der Waals surface area contributed by atoms with Crippen LogP contribution in [0, 0.1) is 10.1 Å². The van der Waals surface area contributed by atoms with Crippen LogP contribution in [0.2, 0.25) is 0 Å². The number of nitro benzene ring substituents is 1. The molecule has 0 aliphatic rings. The van der Waals surface area contributed by atoms with Gasteiger partial charge in [-0.05, 0) is 36.5 Å². The number of para-hydroxylation sites is 1. The van der Waals surface area contributed by atoms with Gasteiger partial charge < -0.3 is 9.73 Å². The summed E-state index contributed by atoms with van der Waals surface area (Å²) in [5, 5.41) is 15.1. The Labute approximate surface area is 172 Å². The number of benzene rings is 2. The van der Waals surface area contributed by atoms with Crippen LogP contribution in [-0.2, 0) is 6.18 Å². The van der Waals surface area contributed by atoms with E-state index < -0.39 is 22.6 Å². The number of nitrogens with one attached hydrogen (secondary N) is 2. The number of anilines is 1. The second-order valence-corrected chi connectivity index (χ2v) is 6.33. The summed E-state index contributed by atoms with van der Waals surface area (Å²) in [7, 11) is 0. The third-order valence-electron chi connectivity index (χ3n) is 3.88. The third kappa shape index (κ3) is 4.81. The number of hydrogen-bond acceptors (Lipinski definition) is 5. The number of amides is 1. The zero-order valence-electron chi connectivity index (χ0n) is 14.9. The van der Waals surface area contributed by atoms with Gasteiger partial charge in [-0.2, -0.15) is 13.2 Å². The van der Waals surface area contributed by atoms with E-state index in [9.17, 15) is 28.1 Å². The smallest absolute Gasteiger partial charge is 0.418 e. The summed E-state index contributed by atoms with van der Waals surface area (Å²) >= 11 is 4.91. The first-order valence-corrected chi connectivity index (χ1v) is 8.69. The number of nitro groups is 1. The van der Waals surface area contributed by atoms with Crippen LogP contribution in [0.25, 0.3) is 11.3 Å². The second kappa shape index (κ2) is 8.33. The fourth-order valence-electron chi connectivity index (χ4n) is 2.55. The standard InChI is InChI=1S/C19H12F3N3O4S/c20-19(21,22)13-6-1-2-7-14(13)23-18(30)24-17(26)16-9-8-15(29-16)11-4-3-5-12(10-11)25(27)28/h1-10H,(H2,23,24,26,30). The fourth-order valence-corrected chi connectivity index (χ4v) is 2.75. The zero-order chi connectivity index (χ0) is 21.9. The molecule has 0 unspecified atom stereocenters. The highest BCUT2D eigenvalue weighted by atomic mass is 32.1. The second-order valence-electron chi connectivity index (χ2n) is 5.92. The lowest BCUT2D eigenvalue weighted by atomic mass is 10.1. The Kier molecular flexibility index (Phi) is 5.83. The zero-order valence-corrected chi connectivity index (χ0v) is 15.7. The Bertz CT molecular complexity index is 1130. The van der Waals surface area contributed by atoms with Crippen molar-refractivity contribution in [3.63, 3.8) is 0 Å². The van der Waals surface area contributed by atoms with Crippen LogP contribution in [-0.4, -0.2) is 15.9 Å². The maximum absolute atomic E-state index is 13.0. The summed E-state index contributed by atoms with van der Waals surface area (Å²) in [6.45, 7) is 0. The van der Waals surface area contributed by atoms with Crippen LogP contribution in [0.1, 0.15) is 16.1 Å². The molecule has 154 valence electrons. The number of rotatable bonds is 4. The number of thiocarbonyl (C=S) groups is 1. The van der Waals surface area contributed by atoms with Gasteiger partial charge in [0.2, 0.25) is 0 Å². The van der Waals surface area contributed by atoms with Crippen LogP contribution < -0.4 is 10.6 Å². The lowest BCUT2D eigenvalue weighted by Crippen LogP contribution is -2.34. The molecule has 0 fully saturated rings. The van der Waals surface area contributed by atoms with E-state index in [1.165, 1.54) is 48.5 Å². The molecule has 0 aliphatic heterocycles. The minimum absolute atomic E-state index is 0.149. The first kappa shape index (κ1) is 21.0. The summed E-state index contributed by atoms with van der Waals surface area (Å²) < 4.78 is 44.5. The van der Waals surface area contributed by atoms with E-state index in [2.05, 4.69) is 10.6 Å². The molecule has 1 amide bonds. The minimum Gasteiger partial charge on any atom is -0.451 e. The van der Waals surface area contributed by atoms with Crippen molar-refractivity contribution in [2.75, 3.05) is 5.32 Å². The molecule has 0 spiro atoms. The third-order valence-corrected chi connectivity index (χ3v) is 4.08. The van der Waals surface area contributed by atoms with Crippen LogP contribution in [0.4, 0.5) is 24.5 Å². The Morgan fingerprint density at radius 1 is 1.07 bits per heavy atom. The predicted molar refractivity (Wildman–Crippen MR) is 106 cm³/mol. The molecular weight excluding hydrogens is 423 g/mol. The van der Waals surface area contributed by atoms with E-state index in [0.717, 1.165) is 6.07 Å². The molecule has 11 heteroatoms. The molecular formula is C19H12F3N3O4S. The molecule has 0 saturated heterocycles. The highest BCUT2D eigenvalue weighted by molar-refractivity contribution is 7.80. The number of non-ortho nitro benzene ring substituents is 1. The summed E-state index contributed by atoms with van der Waals surface area (Å²) in [4.78, 5) is 22.6. The van der Waals surface area contributed by atoms with Crippen LogP contribution in [0.15, 0.2) is 65.1 Å². The van der Waals surface area contributed by atoms with Crippen molar-refractivity contribution in [1.82, 2.24) is 5.32 Å². The quantitative estimate of drug-likeness (QED) is 0.340. The molecule has 3 rings (SSSR count). The first-order valence-electron chi connectivity index (χ1n) is 8.28. The van der Waals surface area contributed by atoms with Gasteiger partial charge in [-0.25, -0.2) is 0 Å². The van der Waals surface area contributed by atoms with Crippen molar-refractivity contribution in [2.45, 2.75) is 6.18 Å². The molecule has 3 aromatic rings. The van der Waals surface area contributed by atoms with Gasteiger partial charge in [0.1, 0.15) is 5.76 Å². The average molecular weight is 435 g/mol. The number of halogens is 3. The van der Waals surface area contributed by atoms with E-state index in [0.29, 0.717) is 5.56 Å². The SMILES string of the molecule is O=C(NC(=S)Nc1ccccc1C(F)(F)F)c1ccc(-c2cccc([N+](=O)[O-])c2)o1. The first-order chi connectivity index (χ1) is 14.1. The van der Waals surface area contributed by atoms with Gasteiger partial charge in [-0.15, -0.1) is 0 Å². The fraction of sp³-hybridized carbons (Fsp3) is 0.0526. The van der Waals surface area contributed by atoms with Crippen molar-refractivity contribution in [2.24, 2.45) is 0 Å². The predicted octanol–water partition coefficient (Wildman–Crippen LogP) is 5.00. The maximum atomic E-state index is 13.0. The maximum Gasteiger partial charge on any atom is 0.418 e. The van der Waals surface area contributed by atoms with Crippen LogP contribution in [0.5, 0.6) is 0 Å². The van der Waals surface area contributed by atoms with Crippen LogP contribution in [0.3, 0.4) is 0 Å². The van der Waals surface area contributed by atoms with E-state index >= 15 is 0 Å². The number of alkyl halides is 3. The molecule has 0 bridgehead atoms. The highest BCUT2D eigenvalue weighted by Crippen LogP contribution is 2.34. The van der Waals surface area contributed by atoms with E-state index in [-0.39, 0.29) is 28.0 Å². The number of carbonyl (C=O) groups excluding carboxylic acids is 1. The van der Waals surface area contributed by atoms with Gasteiger partial charge in [-0.3, -0.25) is 20.2 Å². The molecule has 0 atom stereocenters. The van der Waals surface area contributed by atoms with Gasteiger partial charge in [0.05, 0.1) is 16.2 Å². The number of carbonyl (C=O) groups is 1. The van der Waals surface area contributed by atoms with E-state index in [4.69, 9.17) is 16.6 Å². The molecule has 2 aromatic carbocycles. The highest BCUT2D eigenvalue weighted by Gasteiger charge is 2.33. The molecule has 1 heterocycles. The molecule has 0 aliphatic carbocycles. The number of furan rings is 1. The van der Waals surface area contributed by atoms with Gasteiger partial charge >= 0.3 is 6.18 Å². The van der Waals surface area contributed by atoms with Crippen molar-refractivity contribution in [3.8, 4) is 11.3 Å². The van der Waals surface area contributed by atoms with Crippen molar-refractivity contribution < 1.29 is 27.3 Å². The van der Waals surface area contributed by atoms with E-state index in [1.807, 2.05) is 0 Å². The topological polar surface area (TPSA) is 97.4 Å². The normalized spacial score (nSPS) is 11.0. The molecule has 30 heavy (non-hydrogen) atoms. The minimum atomic E-state index is -4.60. The molecule has 0 saturated carbocycles. The summed E-state index contributed by atoms with van der Waals surface area (Å²) in [6.07, 6.45) is -4.60. The monoisotopic (exact) mass is 435 g/mol. The van der Waals surface area contributed by atoms with Crippen molar-refractivity contribution >= 4 is 34.6 Å². The Morgan fingerprint density at radius 2 is 1.80 bits per heavy atom. The van der Waals surface area contributed by atoms with Gasteiger partial charge in [-0.1, -0.05) is 24.3 Å². The van der Waals surface area contributed by atoms with E-state index in [1.54, 1.807) is 6.07 Å². The Hall–Kier alpha value is -3.73. The molecule has 0 radical (unpaired) electrons. The summed E-state index contributed by atoms with van der Waals surface area (Å²) in [5.41, 5.74) is -1.02. The number of nitrogens with zero attached hydrogens (tertiary/aromatic N) is 1. The summed E-state index contributed by atoms with van der Waals surface area (Å²) in [6, 6.07) is 13.0. The molecule has 7 nitrogen and oxygen atoms in total. The van der Waals surface area contributed by atoms with Crippen LogP contribution >= 0.6 is 12.2 Å². The average Bonchev–Trinajstić information content (AvgIpc) is 3.18. The molecule has 1 aromatic heterocycles. The largest absolute Gasteiger partial charge is 0.451 e. The Morgan fingerprint density at radius 3 is 2.50 bits per heavy atom. The molecule has 2 N–H and O–H groups in total. The van der Waals surface area contributed by atoms with Gasteiger partial charge in [0.15, 0.2) is 10.9 Å². The number of hydrogen-bond donors (Lipinski definition) is 2. The Balaban J connectivity index is 1.71. The van der Waals surface area contributed by atoms with Gasteiger partial charge in [0.25, 0.3) is 11.6 Å². The lowest BCUT2D eigenvalue weighted by molar-refractivity contribution is -0.384. The van der Waals surface area contributed by atoms with Gasteiger partial charge in [0, 0.05) is 17.7 Å².